The minimum atomic E-state index is -1.08. The zero-order valence-electron chi connectivity index (χ0n) is 41.8. The van der Waals surface area contributed by atoms with Crippen molar-refractivity contribution in [2.24, 2.45) is 0 Å². The fraction of sp³-hybridized carbons (Fsp3) is 0.926. The average molecular weight is 910 g/mol. The first-order valence-electron chi connectivity index (χ1n) is 27.3. The highest BCUT2D eigenvalue weighted by Gasteiger charge is 2.23. The van der Waals surface area contributed by atoms with E-state index >= 15 is 0 Å². The van der Waals surface area contributed by atoms with Crippen molar-refractivity contribution in [1.29, 1.82) is 0 Å². The molecule has 0 radical (unpaired) electrons. The molecule has 63 heavy (non-hydrogen) atoms. The number of hydrogen-bond acceptors (Lipinski definition) is 7. The molecule has 0 aliphatic heterocycles. The summed E-state index contributed by atoms with van der Waals surface area (Å²) in [4.78, 5) is 50.3. The number of hydrogen-bond donors (Lipinski definition) is 2. The van der Waals surface area contributed by atoms with Crippen LogP contribution < -0.4 is 5.32 Å². The van der Waals surface area contributed by atoms with Crippen LogP contribution >= 0.6 is 11.8 Å². The molecule has 2 atom stereocenters. The minimum absolute atomic E-state index is 0.0439. The number of unbranched alkanes of at least 4 members (excludes halogenated alkanes) is 36. The van der Waals surface area contributed by atoms with Crippen LogP contribution in [0.2, 0.25) is 0 Å². The summed E-state index contributed by atoms with van der Waals surface area (Å²) in [6.45, 7) is 6.72. The zero-order chi connectivity index (χ0) is 46.1. The summed E-state index contributed by atoms with van der Waals surface area (Å²) in [5, 5.41) is 12.6. The van der Waals surface area contributed by atoms with E-state index < -0.39 is 18.1 Å². The molecule has 372 valence electrons. The number of rotatable bonds is 51. The van der Waals surface area contributed by atoms with Gasteiger partial charge >= 0.3 is 17.9 Å². The molecular formula is C54H103NO7S. The van der Waals surface area contributed by atoms with Gasteiger partial charge in [0.1, 0.15) is 18.8 Å². The van der Waals surface area contributed by atoms with Gasteiger partial charge in [-0.3, -0.25) is 14.4 Å². The summed E-state index contributed by atoms with van der Waals surface area (Å²) in [5.41, 5.74) is 0. The Morgan fingerprint density at radius 1 is 0.413 bits per heavy atom. The van der Waals surface area contributed by atoms with Gasteiger partial charge in [0.25, 0.3) is 0 Å². The number of carbonyl (C=O) groups excluding carboxylic acids is 3. The predicted octanol–water partition coefficient (Wildman–Crippen LogP) is 16.2. The Bertz CT molecular complexity index is 1030. The molecule has 0 spiro atoms. The molecule has 8 nitrogen and oxygen atoms in total. The van der Waals surface area contributed by atoms with Gasteiger partial charge in [0, 0.05) is 30.8 Å². The third kappa shape index (κ3) is 46.6. The van der Waals surface area contributed by atoms with E-state index in [1.807, 2.05) is 0 Å². The molecule has 0 saturated carbocycles. The fourth-order valence-electron chi connectivity index (χ4n) is 8.26. The number of aliphatic carboxylic acids is 1. The van der Waals surface area contributed by atoms with E-state index in [0.717, 1.165) is 57.8 Å². The standard InChI is InChI=1S/C54H103NO7S/c1-4-7-10-13-16-19-22-25-28-31-34-37-40-43-51(56)55-50(54(59)60)48-63-47-49(62-53(58)45-42-39-36-33-30-27-24-21-18-15-12-9-6-3)46-61-52(57)44-41-38-35-32-29-26-23-20-17-14-11-8-5-2/h49-50H,4-48H2,1-3H3,(H,55,56)(H,59,60)/t49-,50+/m1/s1. The monoisotopic (exact) mass is 910 g/mol. The Morgan fingerprint density at radius 3 is 1.05 bits per heavy atom. The van der Waals surface area contributed by atoms with Gasteiger partial charge in [-0.05, 0) is 19.3 Å². The maximum Gasteiger partial charge on any atom is 0.327 e. The lowest BCUT2D eigenvalue weighted by Gasteiger charge is -2.19. The molecule has 0 heterocycles. The van der Waals surface area contributed by atoms with Gasteiger partial charge in [-0.15, -0.1) is 0 Å². The molecule has 0 aliphatic rings. The third-order valence-electron chi connectivity index (χ3n) is 12.4. The second kappa shape index (κ2) is 49.7. The first-order chi connectivity index (χ1) is 30.8. The zero-order valence-corrected chi connectivity index (χ0v) is 42.6. The maximum absolute atomic E-state index is 12.9. The number of nitrogens with one attached hydrogen (secondary N) is 1. The first kappa shape index (κ1) is 61.2. The Labute approximate surface area is 393 Å². The lowest BCUT2D eigenvalue weighted by atomic mass is 10.0. The largest absolute Gasteiger partial charge is 0.480 e. The Balaban J connectivity index is 4.59. The van der Waals surface area contributed by atoms with Crippen LogP contribution in [0.5, 0.6) is 0 Å². The van der Waals surface area contributed by atoms with Crippen LogP contribution in [0.25, 0.3) is 0 Å². The third-order valence-corrected chi connectivity index (χ3v) is 13.6. The molecule has 2 N–H and O–H groups in total. The van der Waals surface area contributed by atoms with Crippen LogP contribution in [0.15, 0.2) is 0 Å². The van der Waals surface area contributed by atoms with Gasteiger partial charge in [0.15, 0.2) is 0 Å². The minimum Gasteiger partial charge on any atom is -0.480 e. The number of amides is 1. The normalized spacial score (nSPS) is 12.3. The Kier molecular flexibility index (Phi) is 48.3. The van der Waals surface area contributed by atoms with Crippen LogP contribution in [-0.2, 0) is 28.7 Å². The number of thioether (sulfide) groups is 1. The van der Waals surface area contributed by atoms with E-state index in [1.54, 1.807) is 0 Å². The Hall–Kier alpha value is -1.77. The quantitative estimate of drug-likeness (QED) is 0.0457. The highest BCUT2D eigenvalue weighted by molar-refractivity contribution is 7.99. The lowest BCUT2D eigenvalue weighted by molar-refractivity contribution is -0.157. The average Bonchev–Trinajstić information content (AvgIpc) is 3.27. The van der Waals surface area contributed by atoms with Gasteiger partial charge in [0.05, 0.1) is 0 Å². The molecular weight excluding hydrogens is 807 g/mol. The van der Waals surface area contributed by atoms with Crippen LogP contribution in [-0.4, -0.2) is 59.2 Å². The Morgan fingerprint density at radius 2 is 0.714 bits per heavy atom. The summed E-state index contributed by atoms with van der Waals surface area (Å²) in [6.07, 6.45) is 48.4. The SMILES string of the molecule is CCCCCCCCCCCCCCCC(=O)N[C@@H](CSC[C@@H](COC(=O)CCCCCCCCCCCCCCC)OC(=O)CCCCCCCCCCCCCCC)C(=O)O. The summed E-state index contributed by atoms with van der Waals surface area (Å²) in [6, 6.07) is -1.04. The molecule has 0 unspecified atom stereocenters. The number of carboxylic acids is 1. The molecule has 0 saturated heterocycles. The second-order valence-corrected chi connectivity index (χ2v) is 19.8. The highest BCUT2D eigenvalue weighted by atomic mass is 32.2. The van der Waals surface area contributed by atoms with Gasteiger partial charge in [-0.2, -0.15) is 11.8 Å². The molecule has 1 amide bonds. The van der Waals surface area contributed by atoms with Gasteiger partial charge in [0.2, 0.25) is 5.91 Å². The molecule has 0 rings (SSSR count). The number of carboxylic acid groups (broad SMARTS) is 1. The van der Waals surface area contributed by atoms with Gasteiger partial charge < -0.3 is 19.9 Å². The van der Waals surface area contributed by atoms with E-state index in [9.17, 15) is 24.3 Å². The lowest BCUT2D eigenvalue weighted by Crippen LogP contribution is -2.42. The van der Waals surface area contributed by atoms with E-state index in [1.165, 1.54) is 204 Å². The van der Waals surface area contributed by atoms with E-state index in [0.29, 0.717) is 19.3 Å². The number of ether oxygens (including phenoxy) is 2. The van der Waals surface area contributed by atoms with Crippen molar-refractivity contribution in [2.45, 2.75) is 303 Å². The van der Waals surface area contributed by atoms with Crippen molar-refractivity contribution in [2.75, 3.05) is 18.1 Å². The second-order valence-electron chi connectivity index (χ2n) is 18.8. The topological polar surface area (TPSA) is 119 Å². The van der Waals surface area contributed by atoms with Crippen molar-refractivity contribution < 1.29 is 33.8 Å². The highest BCUT2D eigenvalue weighted by Crippen LogP contribution is 2.18. The van der Waals surface area contributed by atoms with Crippen LogP contribution in [0.1, 0.15) is 290 Å². The predicted molar refractivity (Wildman–Crippen MR) is 269 cm³/mol. The molecule has 0 bridgehead atoms. The molecule has 0 aromatic rings. The van der Waals surface area contributed by atoms with E-state index in [2.05, 4.69) is 26.1 Å². The summed E-state index contributed by atoms with van der Waals surface area (Å²) < 4.78 is 11.4. The molecule has 0 aromatic carbocycles. The van der Waals surface area contributed by atoms with Crippen LogP contribution in [0.4, 0.5) is 0 Å². The van der Waals surface area contributed by atoms with Crippen molar-refractivity contribution in [1.82, 2.24) is 5.32 Å². The maximum atomic E-state index is 12.9. The summed E-state index contributed by atoms with van der Waals surface area (Å²) in [7, 11) is 0. The first-order valence-corrected chi connectivity index (χ1v) is 28.4. The molecule has 0 aromatic heterocycles. The van der Waals surface area contributed by atoms with E-state index in [4.69, 9.17) is 9.47 Å². The molecule has 9 heteroatoms. The molecule has 0 aliphatic carbocycles. The summed E-state index contributed by atoms with van der Waals surface area (Å²) >= 11 is 1.30. The van der Waals surface area contributed by atoms with Crippen molar-refractivity contribution in [3.63, 3.8) is 0 Å². The molecule has 0 fully saturated rings. The fourth-order valence-corrected chi connectivity index (χ4v) is 9.28. The van der Waals surface area contributed by atoms with Crippen molar-refractivity contribution in [3.8, 4) is 0 Å². The van der Waals surface area contributed by atoms with Crippen LogP contribution in [0, 0.1) is 0 Å². The summed E-state index contributed by atoms with van der Waals surface area (Å²) in [5.74, 6) is -1.49. The smallest absolute Gasteiger partial charge is 0.327 e. The van der Waals surface area contributed by atoms with Crippen molar-refractivity contribution in [3.05, 3.63) is 0 Å². The van der Waals surface area contributed by atoms with Crippen molar-refractivity contribution >= 4 is 35.6 Å². The van der Waals surface area contributed by atoms with E-state index in [-0.39, 0.29) is 36.0 Å². The number of esters is 2. The van der Waals surface area contributed by atoms with Gasteiger partial charge in [-0.1, -0.05) is 252 Å². The van der Waals surface area contributed by atoms with Crippen LogP contribution in [0.3, 0.4) is 0 Å². The van der Waals surface area contributed by atoms with Gasteiger partial charge in [-0.25, -0.2) is 4.79 Å². The number of carbonyl (C=O) groups is 4.